The molecule has 0 aliphatic heterocycles. The lowest BCUT2D eigenvalue weighted by Crippen LogP contribution is -2.54. The second kappa shape index (κ2) is 7.97. The standard InChI is InChI=1S/C27H41FO5/c1-24(2,28)10-9-23(32)27(5,33)22-7-6-16-15-12-19(29)18-13-20(30)21(31)14-26(18,4)17(15)8-11-25(16,22)3/h6,18,20-23,30-33H,7-14H2,1-5H3/t18-,20+,21-,22-,23+,25-,26+,27+/m0/s1. The van der Waals surface area contributed by atoms with Crippen molar-refractivity contribution in [1.82, 2.24) is 0 Å². The summed E-state index contributed by atoms with van der Waals surface area (Å²) in [6.07, 6.45) is 2.92. The van der Waals surface area contributed by atoms with Gasteiger partial charge in [0.05, 0.1) is 23.9 Å². The van der Waals surface area contributed by atoms with Crippen molar-refractivity contribution < 1.29 is 29.6 Å². The van der Waals surface area contributed by atoms with Gasteiger partial charge < -0.3 is 20.4 Å². The molecule has 0 spiro atoms. The predicted molar refractivity (Wildman–Crippen MR) is 124 cm³/mol. The van der Waals surface area contributed by atoms with Crippen LogP contribution in [0.3, 0.4) is 0 Å². The maximum atomic E-state index is 14.0. The summed E-state index contributed by atoms with van der Waals surface area (Å²) in [6, 6.07) is 0. The van der Waals surface area contributed by atoms with E-state index < -0.39 is 35.0 Å². The lowest BCUT2D eigenvalue weighted by Gasteiger charge is -2.54. The Kier molecular flexibility index (Phi) is 6.05. The smallest absolute Gasteiger partial charge is 0.141 e. The normalized spacial score (nSPS) is 41.6. The van der Waals surface area contributed by atoms with Gasteiger partial charge in [-0.05, 0) is 82.3 Å². The second-order valence-corrected chi connectivity index (χ2v) is 12.5. The Balaban J connectivity index is 1.64. The van der Waals surface area contributed by atoms with Crippen molar-refractivity contribution in [3.05, 3.63) is 22.8 Å². The van der Waals surface area contributed by atoms with Crippen molar-refractivity contribution in [3.8, 4) is 0 Å². The maximum Gasteiger partial charge on any atom is 0.141 e. The molecule has 0 radical (unpaired) electrons. The molecule has 1 saturated carbocycles. The summed E-state index contributed by atoms with van der Waals surface area (Å²) >= 11 is 0. The van der Waals surface area contributed by atoms with Gasteiger partial charge in [0.25, 0.3) is 0 Å². The lowest BCUT2D eigenvalue weighted by atomic mass is 9.50. The quantitative estimate of drug-likeness (QED) is 0.496. The summed E-state index contributed by atoms with van der Waals surface area (Å²) in [6.45, 7) is 8.82. The largest absolute Gasteiger partial charge is 0.390 e. The van der Waals surface area contributed by atoms with Crippen LogP contribution in [0.1, 0.15) is 86.0 Å². The summed E-state index contributed by atoms with van der Waals surface area (Å²) in [5.74, 6) is -0.385. The highest BCUT2D eigenvalue weighted by Gasteiger charge is 2.59. The SMILES string of the molecule is CC(C)(F)CC[C@@H](O)[C@](C)(O)[C@H]1CC=C2C3=C(CC[C@@]21C)[C@@]1(C)C[C@H](O)[C@H](O)C[C@H]1C(=O)C3. The van der Waals surface area contributed by atoms with Crippen LogP contribution in [-0.2, 0) is 4.79 Å². The van der Waals surface area contributed by atoms with Gasteiger partial charge in [-0.2, -0.15) is 0 Å². The molecule has 0 bridgehead atoms. The highest BCUT2D eigenvalue weighted by atomic mass is 19.1. The first-order valence-corrected chi connectivity index (χ1v) is 12.5. The fourth-order valence-corrected chi connectivity index (χ4v) is 7.60. The molecular weight excluding hydrogens is 423 g/mol. The Morgan fingerprint density at radius 3 is 2.48 bits per heavy atom. The van der Waals surface area contributed by atoms with Crippen LogP contribution in [0.5, 0.6) is 0 Å². The van der Waals surface area contributed by atoms with Gasteiger partial charge in [0.1, 0.15) is 11.5 Å². The molecule has 4 N–H and O–H groups in total. The van der Waals surface area contributed by atoms with Gasteiger partial charge in [0.2, 0.25) is 0 Å². The van der Waals surface area contributed by atoms with E-state index in [2.05, 4.69) is 19.9 Å². The average Bonchev–Trinajstić information content (AvgIpc) is 3.06. The van der Waals surface area contributed by atoms with E-state index in [1.54, 1.807) is 6.92 Å². The van der Waals surface area contributed by atoms with Crippen molar-refractivity contribution in [2.75, 3.05) is 0 Å². The number of hydrogen-bond donors (Lipinski definition) is 4. The van der Waals surface area contributed by atoms with Crippen LogP contribution in [0.2, 0.25) is 0 Å². The third kappa shape index (κ3) is 3.95. The molecule has 4 aliphatic rings. The number of carbonyl (C=O) groups excluding carboxylic acids is 1. The molecule has 33 heavy (non-hydrogen) atoms. The highest BCUT2D eigenvalue weighted by Crippen LogP contribution is 2.64. The number of ketones is 1. The Labute approximate surface area is 196 Å². The third-order valence-corrected chi connectivity index (χ3v) is 9.67. The zero-order valence-electron chi connectivity index (χ0n) is 20.7. The minimum Gasteiger partial charge on any atom is -0.390 e. The molecule has 0 unspecified atom stereocenters. The number of Topliss-reactive ketones (excluding diaryl/α,β-unsaturated/α-hetero) is 1. The zero-order valence-corrected chi connectivity index (χ0v) is 20.7. The Morgan fingerprint density at radius 1 is 1.18 bits per heavy atom. The van der Waals surface area contributed by atoms with Crippen LogP contribution < -0.4 is 0 Å². The zero-order chi connectivity index (χ0) is 24.6. The number of allylic oxidation sites excluding steroid dienone is 4. The molecule has 8 atom stereocenters. The van der Waals surface area contributed by atoms with E-state index in [0.29, 0.717) is 25.7 Å². The second-order valence-electron chi connectivity index (χ2n) is 12.5. The first-order chi connectivity index (χ1) is 15.1. The monoisotopic (exact) mass is 464 g/mol. The van der Waals surface area contributed by atoms with Gasteiger partial charge >= 0.3 is 0 Å². The number of aliphatic hydroxyl groups is 4. The van der Waals surface area contributed by atoms with Crippen LogP contribution in [0.25, 0.3) is 0 Å². The summed E-state index contributed by atoms with van der Waals surface area (Å²) in [5.41, 5.74) is -0.261. The molecule has 4 aliphatic carbocycles. The molecule has 0 aromatic heterocycles. The summed E-state index contributed by atoms with van der Waals surface area (Å²) in [4.78, 5) is 13.2. The molecule has 1 fully saturated rings. The van der Waals surface area contributed by atoms with E-state index >= 15 is 0 Å². The van der Waals surface area contributed by atoms with E-state index in [9.17, 15) is 29.6 Å². The van der Waals surface area contributed by atoms with E-state index in [-0.39, 0.29) is 35.9 Å². The first-order valence-electron chi connectivity index (χ1n) is 12.5. The molecule has 0 amide bonds. The number of carbonyl (C=O) groups is 1. The number of rotatable bonds is 5. The third-order valence-electron chi connectivity index (χ3n) is 9.67. The summed E-state index contributed by atoms with van der Waals surface area (Å²) in [5, 5.41) is 43.0. The minimum atomic E-state index is -1.41. The fourth-order valence-electron chi connectivity index (χ4n) is 7.60. The van der Waals surface area contributed by atoms with Crippen molar-refractivity contribution in [2.45, 2.75) is 116 Å². The number of aliphatic hydroxyl groups excluding tert-OH is 3. The first kappa shape index (κ1) is 25.0. The van der Waals surface area contributed by atoms with Crippen molar-refractivity contribution in [3.63, 3.8) is 0 Å². The molecule has 0 aromatic carbocycles. The molecule has 0 heterocycles. The van der Waals surface area contributed by atoms with E-state index in [4.69, 9.17) is 0 Å². The topological polar surface area (TPSA) is 98.0 Å². The molecular formula is C27H41FO5. The Hall–Kier alpha value is -1.08. The number of fused-ring (bicyclic) bond motifs is 4. The van der Waals surface area contributed by atoms with E-state index in [0.717, 1.165) is 24.0 Å². The van der Waals surface area contributed by atoms with Crippen LogP contribution >= 0.6 is 0 Å². The maximum absolute atomic E-state index is 14.0. The molecule has 0 aromatic rings. The van der Waals surface area contributed by atoms with E-state index in [1.807, 2.05) is 0 Å². The van der Waals surface area contributed by atoms with Crippen molar-refractivity contribution in [2.24, 2.45) is 22.7 Å². The minimum absolute atomic E-state index is 0.118. The Bertz CT molecular complexity index is 883. The van der Waals surface area contributed by atoms with Gasteiger partial charge in [0, 0.05) is 23.7 Å². The number of halogens is 1. The van der Waals surface area contributed by atoms with Crippen LogP contribution in [0, 0.1) is 22.7 Å². The fraction of sp³-hybridized carbons (Fsp3) is 0.815. The Morgan fingerprint density at radius 2 is 1.85 bits per heavy atom. The average molecular weight is 465 g/mol. The van der Waals surface area contributed by atoms with Crippen molar-refractivity contribution >= 4 is 5.78 Å². The summed E-state index contributed by atoms with van der Waals surface area (Å²) in [7, 11) is 0. The van der Waals surface area contributed by atoms with Gasteiger partial charge in [-0.3, -0.25) is 4.79 Å². The van der Waals surface area contributed by atoms with Crippen LogP contribution in [-0.4, -0.2) is 55.8 Å². The van der Waals surface area contributed by atoms with Gasteiger partial charge in [-0.15, -0.1) is 0 Å². The van der Waals surface area contributed by atoms with Gasteiger partial charge in [0.15, 0.2) is 0 Å². The summed E-state index contributed by atoms with van der Waals surface area (Å²) < 4.78 is 14.0. The highest BCUT2D eigenvalue weighted by molar-refractivity contribution is 5.88. The lowest BCUT2D eigenvalue weighted by molar-refractivity contribution is -0.138. The molecule has 4 rings (SSSR count). The molecule has 0 saturated heterocycles. The van der Waals surface area contributed by atoms with Crippen molar-refractivity contribution in [1.29, 1.82) is 0 Å². The molecule has 186 valence electrons. The molecule has 5 nitrogen and oxygen atoms in total. The number of hydrogen-bond acceptors (Lipinski definition) is 5. The predicted octanol–water partition coefficient (Wildman–Crippen LogP) is 3.78. The van der Waals surface area contributed by atoms with Gasteiger partial charge in [-0.1, -0.05) is 25.5 Å². The van der Waals surface area contributed by atoms with Crippen LogP contribution in [0.4, 0.5) is 4.39 Å². The van der Waals surface area contributed by atoms with E-state index in [1.165, 1.54) is 19.4 Å². The number of alkyl halides is 1. The van der Waals surface area contributed by atoms with Gasteiger partial charge in [-0.25, -0.2) is 4.39 Å². The molecule has 6 heteroatoms. The van der Waals surface area contributed by atoms with Crippen LogP contribution in [0.15, 0.2) is 22.8 Å².